The summed E-state index contributed by atoms with van der Waals surface area (Å²) in [4.78, 5) is 5.98. The van der Waals surface area contributed by atoms with Crippen molar-refractivity contribution in [1.29, 1.82) is 0 Å². The first-order valence-electron chi connectivity index (χ1n) is 8.20. The summed E-state index contributed by atoms with van der Waals surface area (Å²) >= 11 is 1.64. The predicted molar refractivity (Wildman–Crippen MR) is 90.5 cm³/mol. The molecule has 3 heterocycles. The Kier molecular flexibility index (Phi) is 3.76. The molecule has 0 spiro atoms. The first-order chi connectivity index (χ1) is 11.0. The Labute approximate surface area is 138 Å². The summed E-state index contributed by atoms with van der Waals surface area (Å²) in [6.45, 7) is 0.499. The van der Waals surface area contributed by atoms with Gasteiger partial charge in [0.05, 0.1) is 29.2 Å². The van der Waals surface area contributed by atoms with Crippen LogP contribution in [0, 0.1) is 5.92 Å². The van der Waals surface area contributed by atoms with E-state index in [9.17, 15) is 8.78 Å². The fraction of sp³-hybridized carbons (Fsp3) is 0.588. The number of alkyl halides is 2. The van der Waals surface area contributed by atoms with E-state index in [0.717, 1.165) is 28.1 Å². The van der Waals surface area contributed by atoms with Gasteiger partial charge in [-0.05, 0) is 49.6 Å². The maximum Gasteiger partial charge on any atom is 0.280 e. The predicted octanol–water partition coefficient (Wildman–Crippen LogP) is 4.00. The van der Waals surface area contributed by atoms with Gasteiger partial charge in [-0.2, -0.15) is 0 Å². The summed E-state index contributed by atoms with van der Waals surface area (Å²) in [5, 5.41) is 6.39. The van der Waals surface area contributed by atoms with Crippen molar-refractivity contribution in [3.8, 4) is 0 Å². The molecule has 2 aromatic heterocycles. The maximum absolute atomic E-state index is 14.3. The largest absolute Gasteiger partial charge is 0.374 e. The zero-order valence-corrected chi connectivity index (χ0v) is 14.0. The Balaban J connectivity index is 1.60. The fourth-order valence-electron chi connectivity index (χ4n) is 3.37. The van der Waals surface area contributed by atoms with Gasteiger partial charge in [-0.15, -0.1) is 11.3 Å². The second kappa shape index (κ2) is 5.67. The number of rotatable bonds is 4. The SMILES string of the molecule is CN1CCC(Nc2cncc3c(CC4CC4)csc23)C(F)(F)C1. The number of anilines is 1. The van der Waals surface area contributed by atoms with Gasteiger partial charge < -0.3 is 10.2 Å². The molecular formula is C17H21F2N3S. The molecule has 3 nitrogen and oxygen atoms in total. The molecule has 4 rings (SSSR count). The van der Waals surface area contributed by atoms with Crippen LogP contribution in [0.4, 0.5) is 14.5 Å². The van der Waals surface area contributed by atoms with E-state index in [4.69, 9.17) is 0 Å². The Morgan fingerprint density at radius 1 is 1.35 bits per heavy atom. The van der Waals surface area contributed by atoms with Crippen molar-refractivity contribution in [3.05, 3.63) is 23.3 Å². The minimum atomic E-state index is -2.72. The van der Waals surface area contributed by atoms with Gasteiger partial charge in [0, 0.05) is 18.1 Å². The van der Waals surface area contributed by atoms with Gasteiger partial charge in [-0.3, -0.25) is 4.98 Å². The van der Waals surface area contributed by atoms with Gasteiger partial charge in [0.25, 0.3) is 5.92 Å². The minimum Gasteiger partial charge on any atom is -0.374 e. The van der Waals surface area contributed by atoms with Crippen molar-refractivity contribution in [3.63, 3.8) is 0 Å². The van der Waals surface area contributed by atoms with Crippen LogP contribution in [0.3, 0.4) is 0 Å². The zero-order valence-electron chi connectivity index (χ0n) is 13.2. The van der Waals surface area contributed by atoms with Crippen LogP contribution >= 0.6 is 11.3 Å². The highest BCUT2D eigenvalue weighted by molar-refractivity contribution is 7.18. The molecule has 1 saturated heterocycles. The number of hydrogen-bond donors (Lipinski definition) is 1. The number of nitrogens with zero attached hydrogens (tertiary/aromatic N) is 2. The van der Waals surface area contributed by atoms with Crippen molar-refractivity contribution >= 4 is 27.1 Å². The number of pyridine rings is 1. The topological polar surface area (TPSA) is 28.2 Å². The lowest BCUT2D eigenvalue weighted by molar-refractivity contribution is -0.0672. The minimum absolute atomic E-state index is 0.189. The average Bonchev–Trinajstić information content (AvgIpc) is 3.21. The zero-order chi connectivity index (χ0) is 16.0. The van der Waals surface area contributed by atoms with E-state index >= 15 is 0 Å². The molecule has 1 aliphatic heterocycles. The molecule has 124 valence electrons. The molecule has 1 unspecified atom stereocenters. The number of nitrogens with one attached hydrogen (secondary N) is 1. The second-order valence-electron chi connectivity index (χ2n) is 6.96. The third-order valence-electron chi connectivity index (χ3n) is 4.89. The summed E-state index contributed by atoms with van der Waals surface area (Å²) in [6, 6.07) is -0.819. The molecule has 2 aromatic rings. The quantitative estimate of drug-likeness (QED) is 0.914. The lowest BCUT2D eigenvalue weighted by Crippen LogP contribution is -2.53. The van der Waals surface area contributed by atoms with Crippen molar-refractivity contribution < 1.29 is 8.78 Å². The molecule has 1 saturated carbocycles. The standard InChI is InChI=1S/C17H21F2N3S/c1-22-5-4-15(17(18,19)10-22)21-14-8-20-7-13-12(6-11-2-3-11)9-23-16(13)14/h7-9,11,15,21H,2-6,10H2,1H3. The highest BCUT2D eigenvalue weighted by atomic mass is 32.1. The van der Waals surface area contributed by atoms with Crippen LogP contribution in [0.15, 0.2) is 17.8 Å². The smallest absolute Gasteiger partial charge is 0.280 e. The normalized spacial score (nSPS) is 24.9. The van der Waals surface area contributed by atoms with E-state index in [1.54, 1.807) is 29.5 Å². The van der Waals surface area contributed by atoms with E-state index in [1.165, 1.54) is 18.4 Å². The van der Waals surface area contributed by atoms with E-state index in [0.29, 0.717) is 13.0 Å². The highest BCUT2D eigenvalue weighted by Crippen LogP contribution is 2.39. The summed E-state index contributed by atoms with van der Waals surface area (Å²) in [5.74, 6) is -1.91. The number of likely N-dealkylation sites (tertiary alicyclic amines) is 1. The third kappa shape index (κ3) is 3.06. The van der Waals surface area contributed by atoms with Gasteiger partial charge >= 0.3 is 0 Å². The first-order valence-corrected chi connectivity index (χ1v) is 9.08. The van der Waals surface area contributed by atoms with Gasteiger partial charge in [0.1, 0.15) is 0 Å². The molecule has 6 heteroatoms. The molecule has 0 radical (unpaired) electrons. The number of hydrogen-bond acceptors (Lipinski definition) is 4. The van der Waals surface area contributed by atoms with Crippen LogP contribution in [0.25, 0.3) is 10.1 Å². The lowest BCUT2D eigenvalue weighted by atomic mass is 10.0. The first kappa shape index (κ1) is 15.3. The third-order valence-corrected chi connectivity index (χ3v) is 5.96. The molecule has 1 aliphatic carbocycles. The van der Waals surface area contributed by atoms with E-state index in [1.807, 2.05) is 6.20 Å². The number of thiophene rings is 1. The van der Waals surface area contributed by atoms with Crippen molar-refractivity contribution in [2.75, 3.05) is 25.5 Å². The Morgan fingerprint density at radius 2 is 2.17 bits per heavy atom. The van der Waals surface area contributed by atoms with E-state index in [-0.39, 0.29) is 6.54 Å². The van der Waals surface area contributed by atoms with Gasteiger partial charge in [-0.25, -0.2) is 8.78 Å². The molecule has 0 amide bonds. The van der Waals surface area contributed by atoms with Crippen LogP contribution in [0.1, 0.15) is 24.8 Å². The molecule has 23 heavy (non-hydrogen) atoms. The molecule has 2 fully saturated rings. The van der Waals surface area contributed by atoms with Crippen LogP contribution in [-0.2, 0) is 6.42 Å². The summed E-state index contributed by atoms with van der Waals surface area (Å²) in [6.07, 6.45) is 7.72. The van der Waals surface area contributed by atoms with Gasteiger partial charge in [0.2, 0.25) is 0 Å². The van der Waals surface area contributed by atoms with Crippen LogP contribution in [0.2, 0.25) is 0 Å². The number of halogens is 2. The van der Waals surface area contributed by atoms with Crippen LogP contribution in [-0.4, -0.2) is 42.0 Å². The molecular weight excluding hydrogens is 316 g/mol. The second-order valence-corrected chi connectivity index (χ2v) is 7.84. The van der Waals surface area contributed by atoms with Crippen LogP contribution < -0.4 is 5.32 Å². The highest BCUT2D eigenvalue weighted by Gasteiger charge is 2.43. The Morgan fingerprint density at radius 3 is 2.91 bits per heavy atom. The fourth-order valence-corrected chi connectivity index (χ4v) is 4.40. The summed E-state index contributed by atoms with van der Waals surface area (Å²) in [7, 11) is 1.75. The lowest BCUT2D eigenvalue weighted by Gasteiger charge is -2.37. The maximum atomic E-state index is 14.3. The average molecular weight is 337 g/mol. The number of piperidine rings is 1. The number of aromatic nitrogens is 1. The summed E-state index contributed by atoms with van der Waals surface area (Å²) in [5.41, 5.74) is 2.07. The number of fused-ring (bicyclic) bond motifs is 1. The van der Waals surface area contributed by atoms with Gasteiger partial charge in [-0.1, -0.05) is 0 Å². The van der Waals surface area contributed by atoms with E-state index < -0.39 is 12.0 Å². The molecule has 0 aromatic carbocycles. The van der Waals surface area contributed by atoms with Gasteiger partial charge in [0.15, 0.2) is 0 Å². The van der Waals surface area contributed by atoms with E-state index in [2.05, 4.69) is 15.7 Å². The molecule has 0 bridgehead atoms. The Hall–Kier alpha value is -1.27. The molecule has 2 aliphatic rings. The van der Waals surface area contributed by atoms with Crippen molar-refractivity contribution in [2.45, 2.75) is 37.6 Å². The Bertz CT molecular complexity index is 711. The summed E-state index contributed by atoms with van der Waals surface area (Å²) < 4.78 is 29.6. The monoisotopic (exact) mass is 337 g/mol. The van der Waals surface area contributed by atoms with Crippen molar-refractivity contribution in [2.24, 2.45) is 5.92 Å². The molecule has 1 N–H and O–H groups in total. The van der Waals surface area contributed by atoms with Crippen molar-refractivity contribution in [1.82, 2.24) is 9.88 Å². The van der Waals surface area contributed by atoms with Crippen LogP contribution in [0.5, 0.6) is 0 Å². The molecule has 1 atom stereocenters.